The molecule has 2 atom stereocenters. The minimum atomic E-state index is -4.97. The molecule has 33 heavy (non-hydrogen) atoms. The number of halogens is 7. The zero-order valence-electron chi connectivity index (χ0n) is 18.6. The van der Waals surface area contributed by atoms with Gasteiger partial charge in [-0.3, -0.25) is 4.90 Å². The lowest BCUT2D eigenvalue weighted by molar-refractivity contribution is -0.143. The van der Waals surface area contributed by atoms with Crippen LogP contribution in [0.5, 0.6) is 0 Å². The lowest BCUT2D eigenvalue weighted by Crippen LogP contribution is -2.45. The van der Waals surface area contributed by atoms with Gasteiger partial charge in [0.15, 0.2) is 5.00 Å². The van der Waals surface area contributed by atoms with Crippen molar-refractivity contribution in [3.05, 3.63) is 34.9 Å². The number of unbranched alkanes of at least 4 members (excludes halogenated alkanes) is 5. The number of hydrogen-bond donors (Lipinski definition) is 0. The van der Waals surface area contributed by atoms with E-state index in [1.165, 1.54) is 0 Å². The quantitative estimate of drug-likeness (QED) is 0.145. The average molecular weight is 506 g/mol. The van der Waals surface area contributed by atoms with Crippen molar-refractivity contribution < 1.29 is 41.4 Å². The maximum Gasteiger partial charge on any atom is 0.416 e. The first-order valence-corrected chi connectivity index (χ1v) is 11.2. The third-order valence-electron chi connectivity index (χ3n) is 5.71. The smallest absolute Gasteiger partial charge is 0.416 e. The maximum absolute atomic E-state index is 13.2. The number of alkyl halides is 7. The summed E-state index contributed by atoms with van der Waals surface area (Å²) in [4.78, 5) is 12.2. The number of carbonyl (C=O) groups is 1. The van der Waals surface area contributed by atoms with Gasteiger partial charge >= 0.3 is 18.4 Å². The van der Waals surface area contributed by atoms with Crippen LogP contribution in [0.3, 0.4) is 0 Å². The summed E-state index contributed by atoms with van der Waals surface area (Å²) in [5, 5.41) is 0. The number of nitrogens with zero attached hydrogens (tertiary/aromatic N) is 1. The molecule has 2 rings (SSSR count). The fraction of sp³-hybridized carbons (Fsp3) is 0.682. The van der Waals surface area contributed by atoms with E-state index in [2.05, 4.69) is 6.92 Å². The van der Waals surface area contributed by atoms with Gasteiger partial charge in [0.25, 0.3) is 0 Å². The lowest BCUT2D eigenvalue weighted by Gasteiger charge is -2.33. The fourth-order valence-electron chi connectivity index (χ4n) is 3.90. The number of benzene rings is 1. The first kappa shape index (κ1) is 29.4. The van der Waals surface area contributed by atoms with Crippen LogP contribution in [-0.4, -0.2) is 27.6 Å². The molecule has 1 amide bonds. The van der Waals surface area contributed by atoms with Crippen molar-refractivity contribution in [3.63, 3.8) is 0 Å². The van der Waals surface area contributed by atoms with Crippen LogP contribution in [-0.2, 0) is 23.6 Å². The number of ether oxygens (including phenoxy) is 1. The Morgan fingerprint density at radius 1 is 0.939 bits per heavy atom. The van der Waals surface area contributed by atoms with E-state index in [0.29, 0.717) is 18.6 Å². The molecule has 1 aromatic rings. The van der Waals surface area contributed by atoms with Gasteiger partial charge in [0.1, 0.15) is 6.10 Å². The number of cyclic esters (lactones) is 1. The second kappa shape index (κ2) is 11.6. The number of carbonyl (C=O) groups excluding carboxylic acids is 1. The van der Waals surface area contributed by atoms with Gasteiger partial charge in [-0.05, 0) is 43.0 Å². The van der Waals surface area contributed by atoms with Crippen LogP contribution in [0.25, 0.3) is 0 Å². The molecule has 1 aliphatic rings. The molecule has 4 nitrogen and oxygen atoms in total. The van der Waals surface area contributed by atoms with Crippen molar-refractivity contribution in [2.24, 2.45) is 0 Å². The zero-order valence-corrected chi connectivity index (χ0v) is 19.3. The van der Waals surface area contributed by atoms with Crippen molar-refractivity contribution in [1.82, 2.24) is 4.90 Å². The SMILES string of the molecule is CCCCCCCCC1OC(=O)N(Cc2cc(C(F)(F)F)cc(C(F)(F)F)c2)C1(Cl)CC.O. The van der Waals surface area contributed by atoms with Crippen LogP contribution in [0.15, 0.2) is 18.2 Å². The van der Waals surface area contributed by atoms with Crippen molar-refractivity contribution in [2.75, 3.05) is 0 Å². The van der Waals surface area contributed by atoms with E-state index in [1.54, 1.807) is 6.92 Å². The van der Waals surface area contributed by atoms with E-state index in [-0.39, 0.29) is 23.5 Å². The topological polar surface area (TPSA) is 61.0 Å². The molecular formula is C22H30ClF6NO3. The average Bonchev–Trinajstić information content (AvgIpc) is 2.94. The minimum absolute atomic E-state index is 0. The summed E-state index contributed by atoms with van der Waals surface area (Å²) in [6.07, 6.45) is -4.71. The summed E-state index contributed by atoms with van der Waals surface area (Å²) in [5.74, 6) is 0. The van der Waals surface area contributed by atoms with E-state index in [0.717, 1.165) is 43.4 Å². The summed E-state index contributed by atoms with van der Waals surface area (Å²) in [5.41, 5.74) is -3.19. The third-order valence-corrected chi connectivity index (χ3v) is 6.42. The van der Waals surface area contributed by atoms with Crippen molar-refractivity contribution in [2.45, 2.75) is 95.2 Å². The van der Waals surface area contributed by atoms with Gasteiger partial charge in [0.2, 0.25) is 0 Å². The molecule has 0 aromatic heterocycles. The van der Waals surface area contributed by atoms with Gasteiger partial charge in [-0.15, -0.1) is 0 Å². The normalized spacial score (nSPS) is 21.2. The molecule has 0 saturated carbocycles. The Kier molecular flexibility index (Phi) is 10.4. The molecule has 1 aromatic carbocycles. The van der Waals surface area contributed by atoms with Crippen molar-refractivity contribution in [3.8, 4) is 0 Å². The summed E-state index contributed by atoms with van der Waals surface area (Å²) in [7, 11) is 0. The maximum atomic E-state index is 13.2. The molecule has 2 N–H and O–H groups in total. The summed E-state index contributed by atoms with van der Waals surface area (Å²) in [6.45, 7) is 3.29. The van der Waals surface area contributed by atoms with Crippen molar-refractivity contribution in [1.29, 1.82) is 0 Å². The van der Waals surface area contributed by atoms with Gasteiger partial charge in [-0.1, -0.05) is 57.6 Å². The van der Waals surface area contributed by atoms with Gasteiger partial charge < -0.3 is 10.2 Å². The van der Waals surface area contributed by atoms with E-state index < -0.39 is 47.2 Å². The Hall–Kier alpha value is -1.68. The molecule has 1 aliphatic heterocycles. The molecule has 1 fully saturated rings. The molecule has 190 valence electrons. The molecular weight excluding hydrogens is 476 g/mol. The molecule has 1 heterocycles. The van der Waals surface area contributed by atoms with Gasteiger partial charge in [-0.25, -0.2) is 4.79 Å². The second-order valence-corrected chi connectivity index (χ2v) is 8.76. The highest BCUT2D eigenvalue weighted by atomic mass is 35.5. The van der Waals surface area contributed by atoms with Gasteiger partial charge in [0, 0.05) is 0 Å². The predicted molar refractivity (Wildman–Crippen MR) is 113 cm³/mol. The van der Waals surface area contributed by atoms with Crippen LogP contribution < -0.4 is 0 Å². The number of rotatable bonds is 10. The standard InChI is InChI=1S/C22H28ClF6NO2.H2O/c1-3-5-6-7-8-9-10-18-20(23,4-2)30(19(31)32-18)14-15-11-16(21(24,25)26)13-17(12-15)22(27,28)29;/h11-13,18H,3-10,14H2,1-2H3;1H2. The summed E-state index contributed by atoms with van der Waals surface area (Å²) in [6, 6.07) is 1.27. The predicted octanol–water partition coefficient (Wildman–Crippen LogP) is 7.32. The minimum Gasteiger partial charge on any atom is -0.442 e. The summed E-state index contributed by atoms with van der Waals surface area (Å²) >= 11 is 6.69. The second-order valence-electron chi connectivity index (χ2n) is 8.10. The monoisotopic (exact) mass is 505 g/mol. The molecule has 0 aliphatic carbocycles. The van der Waals surface area contributed by atoms with Crippen LogP contribution in [0.4, 0.5) is 31.1 Å². The fourth-order valence-corrected chi connectivity index (χ4v) is 4.18. The van der Waals surface area contributed by atoms with Crippen molar-refractivity contribution >= 4 is 17.7 Å². The summed E-state index contributed by atoms with van der Waals surface area (Å²) < 4.78 is 84.3. The number of hydrogen-bond acceptors (Lipinski definition) is 2. The zero-order chi connectivity index (χ0) is 24.2. The molecule has 1 saturated heterocycles. The first-order valence-electron chi connectivity index (χ1n) is 10.8. The molecule has 0 radical (unpaired) electrons. The van der Waals surface area contributed by atoms with Crippen LogP contribution >= 0.6 is 11.6 Å². The molecule has 0 spiro atoms. The first-order chi connectivity index (χ1) is 14.8. The third kappa shape index (κ3) is 7.40. The van der Waals surface area contributed by atoms with Crippen LogP contribution in [0.2, 0.25) is 0 Å². The van der Waals surface area contributed by atoms with Gasteiger partial charge in [0.05, 0.1) is 17.7 Å². The Morgan fingerprint density at radius 2 is 1.45 bits per heavy atom. The Labute approximate surface area is 194 Å². The van der Waals surface area contributed by atoms with E-state index in [4.69, 9.17) is 16.3 Å². The van der Waals surface area contributed by atoms with E-state index >= 15 is 0 Å². The molecule has 11 heteroatoms. The Balaban J connectivity index is 0.00000544. The highest BCUT2D eigenvalue weighted by molar-refractivity contribution is 6.25. The molecule has 0 bridgehead atoms. The Bertz CT molecular complexity index is 754. The van der Waals surface area contributed by atoms with Crippen LogP contribution in [0, 0.1) is 0 Å². The van der Waals surface area contributed by atoms with Gasteiger partial charge in [-0.2, -0.15) is 26.3 Å². The van der Waals surface area contributed by atoms with E-state index in [9.17, 15) is 31.1 Å². The number of amides is 1. The molecule has 2 unspecified atom stereocenters. The largest absolute Gasteiger partial charge is 0.442 e. The highest BCUT2D eigenvalue weighted by Gasteiger charge is 2.52. The van der Waals surface area contributed by atoms with Crippen LogP contribution in [0.1, 0.15) is 81.9 Å². The Morgan fingerprint density at radius 3 is 1.94 bits per heavy atom. The highest BCUT2D eigenvalue weighted by Crippen LogP contribution is 2.42. The van der Waals surface area contributed by atoms with E-state index in [1.807, 2.05) is 0 Å². The lowest BCUT2D eigenvalue weighted by atomic mass is 9.98.